The van der Waals surface area contributed by atoms with Crippen molar-refractivity contribution < 1.29 is 4.74 Å². The predicted octanol–water partition coefficient (Wildman–Crippen LogP) is 3.09. The molecule has 0 radical (unpaired) electrons. The van der Waals surface area contributed by atoms with Crippen molar-refractivity contribution in [2.75, 3.05) is 24.6 Å². The molecule has 17 heavy (non-hydrogen) atoms. The van der Waals surface area contributed by atoms with Crippen LogP contribution in [0.3, 0.4) is 0 Å². The van der Waals surface area contributed by atoms with Crippen molar-refractivity contribution in [3.05, 3.63) is 18.2 Å². The van der Waals surface area contributed by atoms with E-state index in [0.29, 0.717) is 17.4 Å². The van der Waals surface area contributed by atoms with Crippen molar-refractivity contribution in [3.63, 3.8) is 0 Å². The summed E-state index contributed by atoms with van der Waals surface area (Å²) in [5.74, 6) is 2.40. The molecule has 1 fully saturated rings. The number of rotatable bonds is 3. The zero-order chi connectivity index (χ0) is 12.3. The number of ether oxygens (including phenoxy) is 1. The molecule has 0 spiro atoms. The van der Waals surface area contributed by atoms with E-state index in [4.69, 9.17) is 4.74 Å². The van der Waals surface area contributed by atoms with Gasteiger partial charge in [0.05, 0.1) is 6.61 Å². The number of aromatic nitrogens is 1. The van der Waals surface area contributed by atoms with Crippen LogP contribution in [0.5, 0.6) is 5.88 Å². The smallest absolute Gasteiger partial charge is 0.215 e. The monoisotopic (exact) mass is 298 g/mol. The first kappa shape index (κ1) is 12.7. The van der Waals surface area contributed by atoms with Crippen molar-refractivity contribution in [1.29, 1.82) is 0 Å². The average molecular weight is 299 g/mol. The molecule has 1 aromatic rings. The number of piperidine rings is 1. The Balaban J connectivity index is 2.09. The number of hydrogen-bond donors (Lipinski definition) is 0. The highest BCUT2D eigenvalue weighted by molar-refractivity contribution is 9.09. The van der Waals surface area contributed by atoms with Crippen LogP contribution in [0.15, 0.2) is 18.2 Å². The number of halogens is 1. The minimum atomic E-state index is 0.633. The van der Waals surface area contributed by atoms with E-state index in [1.54, 1.807) is 0 Å². The first-order valence-corrected chi connectivity index (χ1v) is 7.11. The van der Waals surface area contributed by atoms with Crippen LogP contribution >= 0.6 is 15.9 Å². The average Bonchev–Trinajstić information content (AvgIpc) is 2.33. The summed E-state index contributed by atoms with van der Waals surface area (Å²) in [5.41, 5.74) is 0. The van der Waals surface area contributed by atoms with Crippen LogP contribution in [0.1, 0.15) is 20.3 Å². The van der Waals surface area contributed by atoms with Gasteiger partial charge in [0.1, 0.15) is 5.82 Å². The van der Waals surface area contributed by atoms with Crippen LogP contribution in [-0.4, -0.2) is 29.5 Å². The van der Waals surface area contributed by atoms with Gasteiger partial charge in [-0.2, -0.15) is 4.98 Å². The summed E-state index contributed by atoms with van der Waals surface area (Å²) in [6.45, 7) is 7.03. The van der Waals surface area contributed by atoms with Gasteiger partial charge in [0.15, 0.2) is 0 Å². The molecule has 0 bridgehead atoms. The van der Waals surface area contributed by atoms with E-state index in [0.717, 1.165) is 24.8 Å². The van der Waals surface area contributed by atoms with Crippen molar-refractivity contribution in [2.45, 2.75) is 25.1 Å². The van der Waals surface area contributed by atoms with Crippen LogP contribution in [0.2, 0.25) is 0 Å². The molecule has 1 aliphatic rings. The summed E-state index contributed by atoms with van der Waals surface area (Å²) in [5, 5.41) is 0. The molecule has 1 aromatic heterocycles. The number of hydrogen-bond acceptors (Lipinski definition) is 3. The molecule has 0 aromatic carbocycles. The molecule has 2 unspecified atom stereocenters. The Morgan fingerprint density at radius 2 is 2.35 bits per heavy atom. The molecule has 1 aliphatic heterocycles. The molecule has 1 saturated heterocycles. The van der Waals surface area contributed by atoms with Gasteiger partial charge in [-0.15, -0.1) is 0 Å². The maximum atomic E-state index is 5.44. The number of nitrogens with zero attached hydrogens (tertiary/aromatic N) is 2. The van der Waals surface area contributed by atoms with Gasteiger partial charge < -0.3 is 9.64 Å². The lowest BCUT2D eigenvalue weighted by atomic mass is 10.0. The first-order chi connectivity index (χ1) is 8.20. The molecule has 3 nitrogen and oxygen atoms in total. The third-order valence-corrected chi connectivity index (χ3v) is 4.49. The van der Waals surface area contributed by atoms with Crippen LogP contribution in [0, 0.1) is 5.92 Å². The van der Waals surface area contributed by atoms with Crippen LogP contribution in [0.4, 0.5) is 5.82 Å². The molecular formula is C13H19BrN2O. The Morgan fingerprint density at radius 1 is 1.53 bits per heavy atom. The highest BCUT2D eigenvalue weighted by Crippen LogP contribution is 2.27. The van der Waals surface area contributed by atoms with Gasteiger partial charge in [-0.3, -0.25) is 0 Å². The highest BCUT2D eigenvalue weighted by atomic mass is 79.9. The second kappa shape index (κ2) is 5.71. The van der Waals surface area contributed by atoms with Crippen molar-refractivity contribution in [2.24, 2.45) is 5.92 Å². The largest absolute Gasteiger partial charge is 0.478 e. The summed E-state index contributed by atoms with van der Waals surface area (Å²) in [4.78, 5) is 7.51. The molecule has 2 rings (SSSR count). The van der Waals surface area contributed by atoms with Gasteiger partial charge in [0, 0.05) is 24.0 Å². The van der Waals surface area contributed by atoms with Gasteiger partial charge in [-0.05, 0) is 25.3 Å². The lowest BCUT2D eigenvalue weighted by molar-refractivity contribution is 0.326. The summed E-state index contributed by atoms with van der Waals surface area (Å²) < 4.78 is 5.44. The van der Waals surface area contributed by atoms with E-state index < -0.39 is 0 Å². The van der Waals surface area contributed by atoms with Crippen LogP contribution in [0.25, 0.3) is 0 Å². The van der Waals surface area contributed by atoms with Crippen molar-refractivity contribution in [3.8, 4) is 5.88 Å². The lowest BCUT2D eigenvalue weighted by Crippen LogP contribution is -2.40. The van der Waals surface area contributed by atoms with E-state index >= 15 is 0 Å². The Bertz CT molecular complexity index is 372. The SMILES string of the molecule is CCOc1cccc(N2CCC(Br)C(C)C2)n1. The molecule has 2 heterocycles. The maximum Gasteiger partial charge on any atom is 0.215 e. The van der Waals surface area contributed by atoms with Crippen LogP contribution < -0.4 is 9.64 Å². The van der Waals surface area contributed by atoms with Crippen molar-refractivity contribution >= 4 is 21.7 Å². The maximum absolute atomic E-state index is 5.44. The highest BCUT2D eigenvalue weighted by Gasteiger charge is 2.24. The third-order valence-electron chi connectivity index (χ3n) is 3.13. The Hall–Kier alpha value is -0.770. The Morgan fingerprint density at radius 3 is 3.06 bits per heavy atom. The van der Waals surface area contributed by atoms with E-state index in [1.165, 1.54) is 6.42 Å². The molecule has 94 valence electrons. The standard InChI is InChI=1S/C13H19BrN2O/c1-3-17-13-6-4-5-12(15-13)16-8-7-11(14)10(2)9-16/h4-6,10-11H,3,7-9H2,1-2H3. The third kappa shape index (κ3) is 3.12. The topological polar surface area (TPSA) is 25.4 Å². The number of alkyl halides is 1. The van der Waals surface area contributed by atoms with Gasteiger partial charge in [-0.1, -0.05) is 28.9 Å². The zero-order valence-corrected chi connectivity index (χ0v) is 12.0. The number of anilines is 1. The van der Waals surface area contributed by atoms with E-state index in [1.807, 2.05) is 19.1 Å². The van der Waals surface area contributed by atoms with E-state index in [-0.39, 0.29) is 0 Å². The molecule has 0 saturated carbocycles. The van der Waals surface area contributed by atoms with Crippen LogP contribution in [-0.2, 0) is 0 Å². The summed E-state index contributed by atoms with van der Waals surface area (Å²) in [6, 6.07) is 5.98. The van der Waals surface area contributed by atoms with Gasteiger partial charge in [0.2, 0.25) is 5.88 Å². The Kier molecular flexibility index (Phi) is 4.26. The lowest BCUT2D eigenvalue weighted by Gasteiger charge is -2.35. The van der Waals surface area contributed by atoms with Gasteiger partial charge in [0.25, 0.3) is 0 Å². The minimum absolute atomic E-state index is 0.633. The summed E-state index contributed by atoms with van der Waals surface area (Å²) >= 11 is 3.72. The summed E-state index contributed by atoms with van der Waals surface area (Å²) in [6.07, 6.45) is 1.17. The fourth-order valence-electron chi connectivity index (χ4n) is 2.13. The quantitative estimate of drug-likeness (QED) is 0.802. The molecule has 2 atom stereocenters. The zero-order valence-electron chi connectivity index (χ0n) is 10.4. The molecular weight excluding hydrogens is 280 g/mol. The predicted molar refractivity (Wildman–Crippen MR) is 74.1 cm³/mol. The van der Waals surface area contributed by atoms with Gasteiger partial charge in [-0.25, -0.2) is 0 Å². The second-order valence-corrected chi connectivity index (χ2v) is 5.67. The fraction of sp³-hybridized carbons (Fsp3) is 0.615. The normalized spacial score (nSPS) is 24.8. The van der Waals surface area contributed by atoms with Gasteiger partial charge >= 0.3 is 0 Å². The van der Waals surface area contributed by atoms with E-state index in [9.17, 15) is 0 Å². The van der Waals surface area contributed by atoms with E-state index in [2.05, 4.69) is 38.8 Å². The molecule has 0 aliphatic carbocycles. The van der Waals surface area contributed by atoms with Crippen molar-refractivity contribution in [1.82, 2.24) is 4.98 Å². The minimum Gasteiger partial charge on any atom is -0.478 e. The molecule has 0 amide bonds. The first-order valence-electron chi connectivity index (χ1n) is 6.19. The fourth-order valence-corrected chi connectivity index (χ4v) is 2.51. The molecule has 0 N–H and O–H groups in total. The second-order valence-electron chi connectivity index (χ2n) is 4.50. The molecule has 4 heteroatoms. The Labute approximate surface area is 111 Å². The summed E-state index contributed by atoms with van der Waals surface area (Å²) in [7, 11) is 0. The number of pyridine rings is 1.